The van der Waals surface area contributed by atoms with Gasteiger partial charge < -0.3 is 27.9 Å². The molecule has 0 aliphatic carbocycles. The Bertz CT molecular complexity index is 2450. The number of nitrogens with zero attached hydrogens (tertiary/aromatic N) is 1. The van der Waals surface area contributed by atoms with Crippen LogP contribution in [0.25, 0.3) is 0 Å². The predicted molar refractivity (Wildman–Crippen MR) is 433 cm³/mol. The van der Waals surface area contributed by atoms with Gasteiger partial charge in [-0.15, -0.1) is 0 Å². The fourth-order valence-corrected chi connectivity index (χ4v) is 11.0. The number of hydrogen-bond acceptors (Lipinski definition) is 8. The van der Waals surface area contributed by atoms with Crippen LogP contribution in [0.2, 0.25) is 0 Å². The Kier molecular flexibility index (Phi) is 73.5. The Hall–Kier alpha value is -5.41. The minimum Gasteiger partial charge on any atom is -0.756 e. The van der Waals surface area contributed by atoms with Crippen molar-refractivity contribution in [3.05, 3.63) is 207 Å². The summed E-state index contributed by atoms with van der Waals surface area (Å²) in [5.74, 6) is -0.850. The van der Waals surface area contributed by atoms with E-state index in [2.05, 4.69) is 220 Å². The zero-order valence-corrected chi connectivity index (χ0v) is 65.2. The Morgan fingerprint density at radius 2 is 0.540 bits per heavy atom. The van der Waals surface area contributed by atoms with Crippen LogP contribution in [0.3, 0.4) is 0 Å². The maximum Gasteiger partial charge on any atom is 0.306 e. The van der Waals surface area contributed by atoms with Crippen LogP contribution in [0.5, 0.6) is 0 Å². The van der Waals surface area contributed by atoms with E-state index < -0.39 is 32.5 Å². The maximum atomic E-state index is 12.9. The van der Waals surface area contributed by atoms with E-state index in [0.29, 0.717) is 17.4 Å². The first kappa shape index (κ1) is 94.6. The van der Waals surface area contributed by atoms with Crippen molar-refractivity contribution in [2.45, 2.75) is 302 Å². The van der Waals surface area contributed by atoms with Crippen molar-refractivity contribution in [2.24, 2.45) is 0 Å². The number of phosphoric acid groups is 1. The molecule has 0 bridgehead atoms. The van der Waals surface area contributed by atoms with Crippen LogP contribution in [0.15, 0.2) is 207 Å². The van der Waals surface area contributed by atoms with Gasteiger partial charge >= 0.3 is 11.9 Å². The third-order valence-electron chi connectivity index (χ3n) is 16.3. The van der Waals surface area contributed by atoms with Crippen LogP contribution in [0.1, 0.15) is 296 Å². The standard InChI is InChI=1S/C90H146NO8P/c1-6-8-10-12-14-16-18-20-22-24-26-28-30-32-34-36-38-40-42-44-45-47-49-51-53-55-57-59-61-63-65-67-69-71-73-75-77-79-81-83-90(93)99-88(87-98-100(94,95)97-85-84-91(3,4)5)86-96-89(92)82-80-78-76-74-72-70-68-66-64-62-60-58-56-54-52-50-48-46-43-41-39-37-35-33-31-29-27-25-23-21-19-17-15-13-11-9-7-2/h8-11,14-17,20-23,26-29,32-35,38-41,44-46,48-49,51,55,57,61,63,88H,6-7,12-13,18-19,24-25,30-31,36-37,42-43,47,50,52-54,56,58-60,62,64-87H2,1-5H3/b10-8-,11-9-,16-14-,17-15-,22-20-,23-21-,28-26-,29-27-,34-32-,35-33-,40-38-,41-39-,45-44-,48-46-,51-49-,57-55-,63-61-. The topological polar surface area (TPSA) is 111 Å². The number of esters is 2. The lowest BCUT2D eigenvalue weighted by molar-refractivity contribution is -0.870. The second-order valence-corrected chi connectivity index (χ2v) is 28.4. The molecule has 564 valence electrons. The Balaban J connectivity index is 4.08. The number of rotatable bonds is 71. The average Bonchev–Trinajstić information content (AvgIpc) is 1.07. The Morgan fingerprint density at radius 3 is 0.800 bits per heavy atom. The molecular formula is C90H146NO8P. The first-order valence-electron chi connectivity index (χ1n) is 39.8. The molecule has 0 heterocycles. The van der Waals surface area contributed by atoms with Gasteiger partial charge in [0.25, 0.3) is 7.82 Å². The van der Waals surface area contributed by atoms with Crippen molar-refractivity contribution >= 4 is 19.8 Å². The highest BCUT2D eigenvalue weighted by Gasteiger charge is 2.22. The molecule has 0 saturated carbocycles. The normalized spacial score (nSPS) is 14.2. The summed E-state index contributed by atoms with van der Waals surface area (Å²) in [6.07, 6.45) is 122. The van der Waals surface area contributed by atoms with E-state index >= 15 is 0 Å². The van der Waals surface area contributed by atoms with Gasteiger partial charge in [-0.3, -0.25) is 14.2 Å². The lowest BCUT2D eigenvalue weighted by Crippen LogP contribution is -2.37. The number of phosphoric ester groups is 1. The molecule has 0 spiro atoms. The summed E-state index contributed by atoms with van der Waals surface area (Å²) < 4.78 is 34.4. The minimum atomic E-state index is -4.66. The van der Waals surface area contributed by atoms with E-state index in [9.17, 15) is 19.0 Å². The van der Waals surface area contributed by atoms with E-state index in [1.54, 1.807) is 0 Å². The summed E-state index contributed by atoms with van der Waals surface area (Å²) in [5, 5.41) is 0. The van der Waals surface area contributed by atoms with Crippen molar-refractivity contribution in [3.63, 3.8) is 0 Å². The zero-order valence-electron chi connectivity index (χ0n) is 64.3. The lowest BCUT2D eigenvalue weighted by atomic mass is 10.0. The molecule has 0 aliphatic heterocycles. The van der Waals surface area contributed by atoms with Crippen LogP contribution in [-0.4, -0.2) is 70.0 Å². The molecule has 0 aliphatic rings. The summed E-state index contributed by atoms with van der Waals surface area (Å²) in [5.41, 5.74) is 0. The molecule has 0 aromatic rings. The second kappa shape index (κ2) is 77.7. The van der Waals surface area contributed by atoms with E-state index in [1.807, 2.05) is 21.1 Å². The summed E-state index contributed by atoms with van der Waals surface area (Å²) in [4.78, 5) is 38.2. The van der Waals surface area contributed by atoms with Crippen molar-refractivity contribution in [1.29, 1.82) is 0 Å². The van der Waals surface area contributed by atoms with E-state index in [1.165, 1.54) is 109 Å². The van der Waals surface area contributed by atoms with Crippen molar-refractivity contribution in [1.82, 2.24) is 0 Å². The molecule has 100 heavy (non-hydrogen) atoms. The molecule has 0 rings (SSSR count). The van der Waals surface area contributed by atoms with E-state index in [0.717, 1.165) is 154 Å². The quantitative estimate of drug-likeness (QED) is 0.0195. The van der Waals surface area contributed by atoms with Crippen molar-refractivity contribution < 1.29 is 42.1 Å². The molecule has 0 saturated heterocycles. The van der Waals surface area contributed by atoms with Crippen molar-refractivity contribution in [3.8, 4) is 0 Å². The zero-order chi connectivity index (χ0) is 72.5. The van der Waals surface area contributed by atoms with Gasteiger partial charge in [0.15, 0.2) is 6.10 Å². The number of unbranched alkanes of at least 4 members (excludes halogenated alkanes) is 23. The first-order chi connectivity index (χ1) is 49.0. The highest BCUT2D eigenvalue weighted by molar-refractivity contribution is 7.45. The maximum absolute atomic E-state index is 12.9. The predicted octanol–water partition coefficient (Wildman–Crippen LogP) is 26.3. The molecule has 9 nitrogen and oxygen atoms in total. The van der Waals surface area contributed by atoms with Gasteiger partial charge in [-0.05, 0) is 148 Å². The molecule has 0 aromatic carbocycles. The van der Waals surface area contributed by atoms with Gasteiger partial charge in [0.05, 0.1) is 27.7 Å². The highest BCUT2D eigenvalue weighted by atomic mass is 31.2. The molecule has 2 atom stereocenters. The molecular weight excluding hydrogens is 1250 g/mol. The van der Waals surface area contributed by atoms with Crippen LogP contribution in [0.4, 0.5) is 0 Å². The largest absolute Gasteiger partial charge is 0.756 e. The molecule has 0 radical (unpaired) electrons. The number of carbonyl (C=O) groups is 2. The van der Waals surface area contributed by atoms with Crippen LogP contribution < -0.4 is 4.89 Å². The van der Waals surface area contributed by atoms with Gasteiger partial charge in [-0.25, -0.2) is 0 Å². The van der Waals surface area contributed by atoms with Gasteiger partial charge in [-0.1, -0.05) is 342 Å². The number of carbonyl (C=O) groups excluding carboxylic acids is 2. The molecule has 0 fully saturated rings. The van der Waals surface area contributed by atoms with Crippen LogP contribution in [0, 0.1) is 0 Å². The number of allylic oxidation sites excluding steroid dienone is 34. The monoisotopic (exact) mass is 1400 g/mol. The van der Waals surface area contributed by atoms with Gasteiger partial charge in [0.1, 0.15) is 19.8 Å². The van der Waals surface area contributed by atoms with E-state index in [4.69, 9.17) is 18.5 Å². The van der Waals surface area contributed by atoms with Crippen molar-refractivity contribution in [2.75, 3.05) is 47.5 Å². The molecule has 0 aromatic heterocycles. The number of ether oxygens (including phenoxy) is 2. The second-order valence-electron chi connectivity index (χ2n) is 27.0. The smallest absolute Gasteiger partial charge is 0.306 e. The Morgan fingerprint density at radius 1 is 0.310 bits per heavy atom. The number of likely N-dealkylation sites (N-methyl/N-ethyl adjacent to an activating group) is 1. The molecule has 0 N–H and O–H groups in total. The van der Waals surface area contributed by atoms with E-state index in [-0.39, 0.29) is 26.1 Å². The van der Waals surface area contributed by atoms with Crippen LogP contribution >= 0.6 is 7.82 Å². The van der Waals surface area contributed by atoms with Gasteiger partial charge in [-0.2, -0.15) is 0 Å². The summed E-state index contributed by atoms with van der Waals surface area (Å²) >= 11 is 0. The lowest BCUT2D eigenvalue weighted by Gasteiger charge is -2.28. The third kappa shape index (κ3) is 81.6. The number of quaternary nitrogens is 1. The molecule has 10 heteroatoms. The summed E-state index contributed by atoms with van der Waals surface area (Å²) in [6, 6.07) is 0. The van der Waals surface area contributed by atoms with Gasteiger partial charge in [0, 0.05) is 12.8 Å². The number of hydrogen-bond donors (Lipinski definition) is 0. The fraction of sp³-hybridized carbons (Fsp3) is 0.600. The van der Waals surface area contributed by atoms with Gasteiger partial charge in [0.2, 0.25) is 0 Å². The summed E-state index contributed by atoms with van der Waals surface area (Å²) in [6.45, 7) is 4.00. The van der Waals surface area contributed by atoms with Crippen LogP contribution in [-0.2, 0) is 32.7 Å². The molecule has 0 amide bonds. The average molecular weight is 1400 g/mol. The minimum absolute atomic E-state index is 0.0418. The molecule has 2 unspecified atom stereocenters. The highest BCUT2D eigenvalue weighted by Crippen LogP contribution is 2.38. The SMILES string of the molecule is CC/C=C\C/C=C\C/C=C\C/C=C\C/C=C\C/C=C\C/C=C\C/C=C\C/C=C\C/C=C\CCCCCCCCCCC(=O)OC(COC(=O)CCCCCCCCCCCCCCCCC/C=C\C/C=C\C/C=C\C/C=C\C/C=C\C/C=C\C/C=C\CC)COP(=O)([O-])OCC[N+](C)(C)C. The third-order valence-corrected chi connectivity index (χ3v) is 17.3. The Labute approximate surface area is 615 Å². The summed E-state index contributed by atoms with van der Waals surface area (Å²) in [7, 11) is 1.14. The fourth-order valence-electron chi connectivity index (χ4n) is 10.3. The first-order valence-corrected chi connectivity index (χ1v) is 41.3.